The molecule has 3 rings (SSSR count). The maximum Gasteiger partial charge on any atom is 0.379 e. The number of rotatable bonds is 2. The second kappa shape index (κ2) is 4.94. The van der Waals surface area contributed by atoms with Crippen LogP contribution in [0.5, 0.6) is 5.75 Å². The number of fused-ring (bicyclic) bond motifs is 1. The molecular weight excluding hydrogens is 272 g/mol. The summed E-state index contributed by atoms with van der Waals surface area (Å²) in [4.78, 5) is 23.5. The molecule has 5 heteroatoms. The fourth-order valence-corrected chi connectivity index (χ4v) is 2.04. The SMILES string of the molecule is Cc1c(C)c2ccc(OC(=O)c3ccco3)cc2oc1=O. The Morgan fingerprint density at radius 1 is 1.14 bits per heavy atom. The number of carbonyl (C=O) groups excluding carboxylic acids is 1. The van der Waals surface area contributed by atoms with Crippen LogP contribution in [0.25, 0.3) is 11.0 Å². The van der Waals surface area contributed by atoms with Crippen molar-refractivity contribution in [3.63, 3.8) is 0 Å². The van der Waals surface area contributed by atoms with E-state index in [2.05, 4.69) is 0 Å². The Kier molecular flexibility index (Phi) is 3.10. The summed E-state index contributed by atoms with van der Waals surface area (Å²) in [5.74, 6) is -0.211. The van der Waals surface area contributed by atoms with Crippen LogP contribution >= 0.6 is 0 Å². The molecule has 3 aromatic rings. The molecule has 0 N–H and O–H groups in total. The predicted molar refractivity (Wildman–Crippen MR) is 75.6 cm³/mol. The van der Waals surface area contributed by atoms with Crippen LogP contribution in [0.1, 0.15) is 21.7 Å². The first-order valence-corrected chi connectivity index (χ1v) is 6.36. The molecule has 5 nitrogen and oxygen atoms in total. The molecule has 0 saturated carbocycles. The Bertz CT molecular complexity index is 872. The Morgan fingerprint density at radius 3 is 2.67 bits per heavy atom. The minimum atomic E-state index is -0.606. The molecule has 0 radical (unpaired) electrons. The van der Waals surface area contributed by atoms with Crippen LogP contribution < -0.4 is 10.4 Å². The molecule has 106 valence electrons. The van der Waals surface area contributed by atoms with Crippen molar-refractivity contribution >= 4 is 16.9 Å². The summed E-state index contributed by atoms with van der Waals surface area (Å²) < 4.78 is 15.4. The van der Waals surface area contributed by atoms with E-state index in [0.29, 0.717) is 11.1 Å². The van der Waals surface area contributed by atoms with Gasteiger partial charge in [0.15, 0.2) is 0 Å². The lowest BCUT2D eigenvalue weighted by molar-refractivity contribution is 0.0701. The zero-order chi connectivity index (χ0) is 15.0. The van der Waals surface area contributed by atoms with Gasteiger partial charge in [-0.3, -0.25) is 0 Å². The van der Waals surface area contributed by atoms with E-state index in [1.165, 1.54) is 18.4 Å². The molecule has 0 unspecified atom stereocenters. The van der Waals surface area contributed by atoms with Crippen LogP contribution in [0, 0.1) is 13.8 Å². The minimum absolute atomic E-state index is 0.108. The topological polar surface area (TPSA) is 69.7 Å². The normalized spacial score (nSPS) is 10.8. The summed E-state index contributed by atoms with van der Waals surface area (Å²) in [5.41, 5.74) is 1.41. The van der Waals surface area contributed by atoms with Gasteiger partial charge < -0.3 is 13.6 Å². The third-order valence-electron chi connectivity index (χ3n) is 3.36. The Hall–Kier alpha value is -2.82. The van der Waals surface area contributed by atoms with Crippen molar-refractivity contribution in [3.05, 3.63) is 63.9 Å². The number of aryl methyl sites for hydroxylation is 1. The first kappa shape index (κ1) is 13.2. The van der Waals surface area contributed by atoms with Crippen LogP contribution in [0.15, 0.2) is 50.2 Å². The van der Waals surface area contributed by atoms with Gasteiger partial charge in [-0.25, -0.2) is 9.59 Å². The number of ether oxygens (including phenoxy) is 1. The average molecular weight is 284 g/mol. The maximum absolute atomic E-state index is 11.8. The highest BCUT2D eigenvalue weighted by atomic mass is 16.5. The van der Waals surface area contributed by atoms with Crippen LogP contribution in [0.3, 0.4) is 0 Å². The fraction of sp³-hybridized carbons (Fsp3) is 0.125. The van der Waals surface area contributed by atoms with Crippen LogP contribution in [0.2, 0.25) is 0 Å². The Labute approximate surface area is 119 Å². The third-order valence-corrected chi connectivity index (χ3v) is 3.36. The lowest BCUT2D eigenvalue weighted by atomic mass is 10.1. The largest absolute Gasteiger partial charge is 0.457 e. The second-order valence-electron chi connectivity index (χ2n) is 4.66. The molecule has 2 heterocycles. The number of benzene rings is 1. The predicted octanol–water partition coefficient (Wildman–Crippen LogP) is 3.22. The lowest BCUT2D eigenvalue weighted by Crippen LogP contribution is -2.08. The zero-order valence-corrected chi connectivity index (χ0v) is 11.5. The maximum atomic E-state index is 11.8. The standard InChI is InChI=1S/C16H12O5/c1-9-10(2)15(17)21-14-8-11(5-6-12(9)14)20-16(18)13-4-3-7-19-13/h3-8H,1-2H3. The molecule has 21 heavy (non-hydrogen) atoms. The van der Waals surface area contributed by atoms with Crippen molar-refractivity contribution in [2.24, 2.45) is 0 Å². The highest BCUT2D eigenvalue weighted by Gasteiger charge is 2.13. The van der Waals surface area contributed by atoms with E-state index in [0.717, 1.165) is 10.9 Å². The van der Waals surface area contributed by atoms with Gasteiger partial charge in [-0.2, -0.15) is 0 Å². The molecule has 1 aromatic carbocycles. The van der Waals surface area contributed by atoms with Gasteiger partial charge in [0.25, 0.3) is 0 Å². The molecule has 0 bridgehead atoms. The second-order valence-corrected chi connectivity index (χ2v) is 4.66. The molecule has 0 aliphatic carbocycles. The van der Waals surface area contributed by atoms with Gasteiger partial charge in [-0.1, -0.05) is 0 Å². The van der Waals surface area contributed by atoms with Crippen molar-refractivity contribution in [3.8, 4) is 5.75 Å². The van der Waals surface area contributed by atoms with Gasteiger partial charge in [-0.05, 0) is 43.7 Å². The highest BCUT2D eigenvalue weighted by Crippen LogP contribution is 2.24. The van der Waals surface area contributed by atoms with Gasteiger partial charge in [0.1, 0.15) is 11.3 Å². The molecule has 0 aliphatic rings. The number of hydrogen-bond acceptors (Lipinski definition) is 5. The van der Waals surface area contributed by atoms with E-state index < -0.39 is 11.6 Å². The molecule has 0 spiro atoms. The van der Waals surface area contributed by atoms with Crippen molar-refractivity contribution in [1.29, 1.82) is 0 Å². The Morgan fingerprint density at radius 2 is 1.95 bits per heavy atom. The van der Waals surface area contributed by atoms with Gasteiger partial charge in [0, 0.05) is 17.0 Å². The van der Waals surface area contributed by atoms with Gasteiger partial charge in [0.05, 0.1) is 6.26 Å². The number of esters is 1. The summed E-state index contributed by atoms with van der Waals surface area (Å²) in [7, 11) is 0. The van der Waals surface area contributed by atoms with Crippen molar-refractivity contribution in [2.75, 3.05) is 0 Å². The van der Waals surface area contributed by atoms with Gasteiger partial charge in [0.2, 0.25) is 5.76 Å². The van der Waals surface area contributed by atoms with Crippen LogP contribution in [-0.4, -0.2) is 5.97 Å². The van der Waals surface area contributed by atoms with Gasteiger partial charge in [-0.15, -0.1) is 0 Å². The molecular formula is C16H12O5. The summed E-state index contributed by atoms with van der Waals surface area (Å²) in [6, 6.07) is 8.03. The number of furan rings is 1. The quantitative estimate of drug-likeness (QED) is 0.410. The summed E-state index contributed by atoms with van der Waals surface area (Å²) in [5, 5.41) is 0.810. The summed E-state index contributed by atoms with van der Waals surface area (Å²) in [6.07, 6.45) is 1.39. The number of carbonyl (C=O) groups is 1. The van der Waals surface area contributed by atoms with E-state index in [-0.39, 0.29) is 11.5 Å². The Balaban J connectivity index is 2.00. The average Bonchev–Trinajstić information content (AvgIpc) is 2.99. The van der Waals surface area contributed by atoms with Gasteiger partial charge >= 0.3 is 11.6 Å². The molecule has 0 fully saturated rings. The van der Waals surface area contributed by atoms with E-state index in [1.807, 2.05) is 6.92 Å². The van der Waals surface area contributed by atoms with Crippen molar-refractivity contribution < 1.29 is 18.4 Å². The molecule has 0 saturated heterocycles. The molecule has 0 atom stereocenters. The van der Waals surface area contributed by atoms with Crippen molar-refractivity contribution in [2.45, 2.75) is 13.8 Å². The third kappa shape index (κ3) is 2.33. The van der Waals surface area contributed by atoms with E-state index in [1.54, 1.807) is 25.1 Å². The first-order chi connectivity index (χ1) is 10.1. The minimum Gasteiger partial charge on any atom is -0.457 e. The first-order valence-electron chi connectivity index (χ1n) is 6.36. The molecule has 0 aliphatic heterocycles. The highest BCUT2D eigenvalue weighted by molar-refractivity contribution is 5.89. The van der Waals surface area contributed by atoms with Crippen LogP contribution in [-0.2, 0) is 0 Å². The molecule has 2 aromatic heterocycles. The van der Waals surface area contributed by atoms with E-state index in [4.69, 9.17) is 13.6 Å². The summed E-state index contributed by atoms with van der Waals surface area (Å²) in [6.45, 7) is 3.56. The van der Waals surface area contributed by atoms with E-state index in [9.17, 15) is 9.59 Å². The van der Waals surface area contributed by atoms with Crippen molar-refractivity contribution in [1.82, 2.24) is 0 Å². The lowest BCUT2D eigenvalue weighted by Gasteiger charge is -2.06. The number of hydrogen-bond donors (Lipinski definition) is 0. The fourth-order valence-electron chi connectivity index (χ4n) is 2.04. The van der Waals surface area contributed by atoms with E-state index >= 15 is 0 Å². The zero-order valence-electron chi connectivity index (χ0n) is 11.5. The smallest absolute Gasteiger partial charge is 0.379 e. The summed E-state index contributed by atoms with van der Waals surface area (Å²) >= 11 is 0. The van der Waals surface area contributed by atoms with Crippen LogP contribution in [0.4, 0.5) is 0 Å². The monoisotopic (exact) mass is 284 g/mol. The molecule has 0 amide bonds.